The van der Waals surface area contributed by atoms with Gasteiger partial charge in [0.15, 0.2) is 0 Å². The highest BCUT2D eigenvalue weighted by atomic mass is 32.1. The third-order valence-corrected chi connectivity index (χ3v) is 24.5. The summed E-state index contributed by atoms with van der Waals surface area (Å²) in [6, 6.07) is 112. The fraction of sp³-hybridized carbons (Fsp3) is 0. The summed E-state index contributed by atoms with van der Waals surface area (Å²) in [5.74, 6) is 0. The van der Waals surface area contributed by atoms with Gasteiger partial charge in [-0.05, 0) is 178 Å². The van der Waals surface area contributed by atoms with Crippen molar-refractivity contribution in [2.24, 2.45) is 0 Å². The normalized spacial score (nSPS) is 13.5. The molecule has 0 unspecified atom stereocenters. The molecule has 438 valence electrons. The molecule has 8 heterocycles. The van der Waals surface area contributed by atoms with Gasteiger partial charge < -0.3 is 18.8 Å². The fourth-order valence-electron chi connectivity index (χ4n) is 18.5. The van der Waals surface area contributed by atoms with Crippen molar-refractivity contribution < 1.29 is 0 Å². The van der Waals surface area contributed by atoms with Crippen molar-refractivity contribution in [3.8, 4) is 33.4 Å². The monoisotopic (exact) mass is 1250 g/mol. The first-order valence-corrected chi connectivity index (χ1v) is 35.0. The Hall–Kier alpha value is -11.7. The van der Waals surface area contributed by atoms with Crippen LogP contribution in [0.4, 0.5) is 34.1 Å². The molecule has 96 heavy (non-hydrogen) atoms. The zero-order valence-electron chi connectivity index (χ0n) is 51.5. The molecule has 4 nitrogen and oxygen atoms in total. The summed E-state index contributed by atoms with van der Waals surface area (Å²) in [7, 11) is 0. The maximum absolute atomic E-state index is 2.74. The molecule has 4 aliphatic heterocycles. The summed E-state index contributed by atoms with van der Waals surface area (Å²) in [6.07, 6.45) is 0. The van der Waals surface area contributed by atoms with Crippen molar-refractivity contribution in [1.29, 1.82) is 0 Å². The topological polar surface area (TPSA) is 16.3 Å². The highest BCUT2D eigenvalue weighted by Gasteiger charge is 2.47. The van der Waals surface area contributed by atoms with E-state index in [1.807, 2.05) is 22.7 Å². The van der Waals surface area contributed by atoms with Crippen molar-refractivity contribution in [1.82, 2.24) is 8.96 Å². The summed E-state index contributed by atoms with van der Waals surface area (Å²) in [4.78, 5) is 5.23. The maximum atomic E-state index is 2.74. The predicted octanol–water partition coefficient (Wildman–Crippen LogP) is 21.8. The zero-order chi connectivity index (χ0) is 61.9. The van der Waals surface area contributed by atoms with Crippen molar-refractivity contribution in [3.05, 3.63) is 291 Å². The van der Waals surface area contributed by atoms with Crippen LogP contribution in [0.1, 0.15) is 0 Å². The van der Waals surface area contributed by atoms with Crippen LogP contribution in [0.2, 0.25) is 0 Å². The quantitative estimate of drug-likeness (QED) is 0.164. The van der Waals surface area contributed by atoms with Crippen LogP contribution >= 0.6 is 22.7 Å². The maximum Gasteiger partial charge on any atom is 0.333 e. The molecule has 0 amide bonds. The first-order valence-electron chi connectivity index (χ1n) is 33.3. The summed E-state index contributed by atoms with van der Waals surface area (Å²) >= 11 is 3.84. The lowest BCUT2D eigenvalue weighted by Gasteiger charge is -2.41. The van der Waals surface area contributed by atoms with Gasteiger partial charge in [-0.2, -0.15) is 0 Å². The second-order valence-electron chi connectivity index (χ2n) is 26.9. The van der Waals surface area contributed by atoms with Crippen LogP contribution in [-0.2, 0) is 0 Å². The molecule has 0 saturated heterocycles. The second kappa shape index (κ2) is 18.2. The van der Waals surface area contributed by atoms with E-state index in [4.69, 9.17) is 0 Å². The molecule has 0 aliphatic carbocycles. The predicted molar refractivity (Wildman–Crippen MR) is 415 cm³/mol. The molecule has 0 fully saturated rings. The molecule has 4 aliphatic rings. The minimum Gasteiger partial charge on any atom is -0.375 e. The van der Waals surface area contributed by atoms with E-state index in [-0.39, 0.29) is 13.7 Å². The van der Waals surface area contributed by atoms with Crippen LogP contribution in [0.3, 0.4) is 0 Å². The number of benzene rings is 16. The van der Waals surface area contributed by atoms with Gasteiger partial charge in [-0.15, -0.1) is 22.7 Å². The molecule has 0 spiro atoms. The summed E-state index contributed by atoms with van der Waals surface area (Å²) < 4.78 is 10.7. The molecule has 16 aromatic carbocycles. The van der Waals surface area contributed by atoms with E-state index in [0.29, 0.717) is 0 Å². The average molecular weight is 1250 g/mol. The Labute approximate surface area is 558 Å². The van der Waals surface area contributed by atoms with Gasteiger partial charge in [0.25, 0.3) is 0 Å². The number of aromatic nitrogens is 2. The third kappa shape index (κ3) is 6.42. The Bertz CT molecular complexity index is 7030. The standard InChI is InChI=1S/C88H48B2N4S2/c1-2-18-52-41-58(37-34-49(52)16-1)91-72-39-36-51-17-5-6-21-60(51)84(72)90-86-75(91)48-79-81(65-25-10-14-31-77(65)96-79)83(86)68-44-57(43-67-62-23-8-12-29-71(62)94(90)88(67)68)55-33-32-50-35-38-59(42-56(50)40-55)92-73-46-54-20-4-3-19-53(54)45-69(73)89-85-74(92)47-78-80(64-24-9-13-30-76(64)95-78)82(85)66-27-15-26-63-61-22-7-11-28-70(61)93(89)87(63)66/h1-48H. The van der Waals surface area contributed by atoms with Gasteiger partial charge in [0.05, 0.1) is 0 Å². The minimum atomic E-state index is -0.118. The van der Waals surface area contributed by atoms with Gasteiger partial charge >= 0.3 is 13.7 Å². The molecule has 0 bridgehead atoms. The largest absolute Gasteiger partial charge is 0.375 e. The van der Waals surface area contributed by atoms with Crippen LogP contribution in [0.5, 0.6) is 0 Å². The average Bonchev–Trinajstić information content (AvgIpc) is 1.37. The SMILES string of the molecule is c1ccc2cc(N3c4cc5sc6ccccc6c5c5c4B(c4c3ccc3ccccc43)n3c4ccccc4c4cc(-c6ccc7ccc(N8c9cc%10ccccc%10cc9B9c%10c8cc8sc%11ccccc%11c8c%10-c8cccc%10c%11ccccc%11n9c8%10)cc7c6)cc-5c43)ccc2c1. The second-order valence-corrected chi connectivity index (χ2v) is 29.1. The van der Waals surface area contributed by atoms with Gasteiger partial charge in [0.1, 0.15) is 0 Å². The van der Waals surface area contributed by atoms with Gasteiger partial charge in [-0.1, -0.05) is 200 Å². The Morgan fingerprint density at radius 3 is 1.49 bits per heavy atom. The van der Waals surface area contributed by atoms with Crippen LogP contribution < -0.4 is 31.7 Å². The molecule has 4 aromatic heterocycles. The molecular formula is C88H48B2N4S2. The van der Waals surface area contributed by atoms with Crippen LogP contribution in [-0.4, -0.2) is 22.7 Å². The number of hydrogen-bond donors (Lipinski definition) is 0. The number of hydrogen-bond acceptors (Lipinski definition) is 4. The molecule has 8 heteroatoms. The molecule has 0 radical (unpaired) electrons. The first kappa shape index (κ1) is 50.8. The zero-order valence-corrected chi connectivity index (χ0v) is 53.1. The molecule has 0 atom stereocenters. The summed E-state index contributed by atoms with van der Waals surface area (Å²) in [5.41, 5.74) is 25.3. The van der Waals surface area contributed by atoms with Gasteiger partial charge in [-0.3, -0.25) is 0 Å². The van der Waals surface area contributed by atoms with Crippen LogP contribution in [0.15, 0.2) is 291 Å². The van der Waals surface area contributed by atoms with Crippen molar-refractivity contribution >= 4 is 219 Å². The Morgan fingerprint density at radius 2 is 0.771 bits per heavy atom. The Morgan fingerprint density at radius 1 is 0.260 bits per heavy atom. The van der Waals surface area contributed by atoms with Crippen LogP contribution in [0, 0.1) is 0 Å². The van der Waals surface area contributed by atoms with Crippen molar-refractivity contribution in [3.63, 3.8) is 0 Å². The molecule has 24 rings (SSSR count). The van der Waals surface area contributed by atoms with E-state index < -0.39 is 0 Å². The van der Waals surface area contributed by atoms with E-state index in [1.54, 1.807) is 0 Å². The number of anilines is 6. The highest BCUT2D eigenvalue weighted by Crippen LogP contribution is 2.55. The number of fused-ring (bicyclic) bond motifs is 27. The first-order chi connectivity index (χ1) is 47.6. The number of rotatable bonds is 3. The smallest absolute Gasteiger partial charge is 0.333 e. The van der Waals surface area contributed by atoms with E-state index in [1.165, 1.54) is 205 Å². The van der Waals surface area contributed by atoms with Gasteiger partial charge in [0, 0.05) is 129 Å². The fourth-order valence-corrected chi connectivity index (χ4v) is 20.8. The van der Waals surface area contributed by atoms with Crippen molar-refractivity contribution in [2.75, 3.05) is 9.80 Å². The molecule has 0 N–H and O–H groups in total. The summed E-state index contributed by atoms with van der Waals surface area (Å²) in [5, 5.41) is 20.3. The molecule has 0 saturated carbocycles. The highest BCUT2D eigenvalue weighted by molar-refractivity contribution is 7.26. The van der Waals surface area contributed by atoms with Gasteiger partial charge in [0.2, 0.25) is 0 Å². The van der Waals surface area contributed by atoms with Gasteiger partial charge in [-0.25, -0.2) is 0 Å². The minimum absolute atomic E-state index is 0.0742. The van der Waals surface area contributed by atoms with Crippen molar-refractivity contribution in [2.45, 2.75) is 0 Å². The lowest BCUT2D eigenvalue weighted by molar-refractivity contribution is 1.27. The van der Waals surface area contributed by atoms with E-state index in [9.17, 15) is 0 Å². The molecular weight excluding hydrogens is 1200 g/mol. The Kier molecular flexibility index (Phi) is 9.62. The van der Waals surface area contributed by atoms with E-state index >= 15 is 0 Å². The lowest BCUT2D eigenvalue weighted by Crippen LogP contribution is -2.57. The lowest BCUT2D eigenvalue weighted by atomic mass is 9.44. The Balaban J connectivity index is 0.767. The molecule has 20 aromatic rings. The van der Waals surface area contributed by atoms with E-state index in [0.717, 1.165) is 11.4 Å². The number of para-hydroxylation sites is 3. The van der Waals surface area contributed by atoms with E-state index in [2.05, 4.69) is 310 Å². The number of nitrogens with zero attached hydrogens (tertiary/aromatic N) is 4. The number of thiophene rings is 2. The third-order valence-electron chi connectivity index (χ3n) is 22.3. The summed E-state index contributed by atoms with van der Waals surface area (Å²) in [6.45, 7) is -0.192. The van der Waals surface area contributed by atoms with Crippen LogP contribution in [0.25, 0.3) is 160 Å².